The van der Waals surface area contributed by atoms with E-state index in [9.17, 15) is 8.42 Å². The summed E-state index contributed by atoms with van der Waals surface area (Å²) in [5, 5.41) is 2.85. The second-order valence-corrected chi connectivity index (χ2v) is 6.60. The first-order chi connectivity index (χ1) is 10.1. The monoisotopic (exact) mass is 314 g/mol. The zero-order chi connectivity index (χ0) is 15.1. The highest BCUT2D eigenvalue weighted by molar-refractivity contribution is 7.89. The molecule has 1 fully saturated rings. The molecule has 1 aliphatic heterocycles. The number of morpholine rings is 1. The van der Waals surface area contributed by atoms with Crippen molar-refractivity contribution in [3.05, 3.63) is 18.3 Å². The third-order valence-electron chi connectivity index (χ3n) is 3.35. The number of pyridine rings is 1. The molecule has 2 heterocycles. The summed E-state index contributed by atoms with van der Waals surface area (Å²) in [6.45, 7) is 4.66. The molecule has 0 aromatic carbocycles. The Morgan fingerprint density at radius 1 is 1.33 bits per heavy atom. The van der Waals surface area contributed by atoms with E-state index in [2.05, 4.69) is 19.9 Å². The number of anilines is 1. The van der Waals surface area contributed by atoms with Crippen LogP contribution in [0.4, 0.5) is 5.82 Å². The first-order valence-corrected chi connectivity index (χ1v) is 8.54. The quantitative estimate of drug-likeness (QED) is 0.696. The van der Waals surface area contributed by atoms with Crippen molar-refractivity contribution in [2.75, 3.05) is 51.8 Å². The van der Waals surface area contributed by atoms with Gasteiger partial charge >= 0.3 is 0 Å². The van der Waals surface area contributed by atoms with Gasteiger partial charge in [-0.1, -0.05) is 0 Å². The molecule has 0 amide bonds. The summed E-state index contributed by atoms with van der Waals surface area (Å²) in [6.07, 6.45) is 2.14. The van der Waals surface area contributed by atoms with Crippen molar-refractivity contribution in [1.29, 1.82) is 0 Å². The van der Waals surface area contributed by atoms with Crippen LogP contribution in [0.1, 0.15) is 6.42 Å². The second-order valence-electron chi connectivity index (χ2n) is 4.83. The van der Waals surface area contributed by atoms with E-state index in [4.69, 9.17) is 4.74 Å². The maximum atomic E-state index is 12.1. The third kappa shape index (κ3) is 4.92. The first kappa shape index (κ1) is 16.2. The summed E-state index contributed by atoms with van der Waals surface area (Å²) in [5.41, 5.74) is 0. The second kappa shape index (κ2) is 7.69. The summed E-state index contributed by atoms with van der Waals surface area (Å²) in [5.74, 6) is 0.640. The van der Waals surface area contributed by atoms with Crippen molar-refractivity contribution in [3.63, 3.8) is 0 Å². The van der Waals surface area contributed by atoms with Gasteiger partial charge in [0.25, 0.3) is 0 Å². The lowest BCUT2D eigenvalue weighted by Gasteiger charge is -2.26. The molecule has 0 bridgehead atoms. The van der Waals surface area contributed by atoms with Crippen molar-refractivity contribution in [2.45, 2.75) is 11.3 Å². The number of nitrogens with one attached hydrogen (secondary N) is 2. The molecule has 21 heavy (non-hydrogen) atoms. The minimum Gasteiger partial charge on any atom is -0.379 e. The van der Waals surface area contributed by atoms with Gasteiger partial charge in [0.05, 0.1) is 13.2 Å². The van der Waals surface area contributed by atoms with Crippen LogP contribution in [0.2, 0.25) is 0 Å². The van der Waals surface area contributed by atoms with E-state index in [0.717, 1.165) is 39.3 Å². The number of hydrogen-bond donors (Lipinski definition) is 2. The van der Waals surface area contributed by atoms with E-state index < -0.39 is 10.0 Å². The number of hydrogen-bond acceptors (Lipinski definition) is 6. The largest absolute Gasteiger partial charge is 0.379 e. The van der Waals surface area contributed by atoms with Gasteiger partial charge in [-0.2, -0.15) is 0 Å². The van der Waals surface area contributed by atoms with Crippen LogP contribution in [-0.4, -0.2) is 64.7 Å². The maximum absolute atomic E-state index is 12.1. The van der Waals surface area contributed by atoms with E-state index >= 15 is 0 Å². The Bertz CT molecular complexity index is 527. The zero-order valence-electron chi connectivity index (χ0n) is 12.2. The Kier molecular flexibility index (Phi) is 5.92. The van der Waals surface area contributed by atoms with E-state index in [-0.39, 0.29) is 4.90 Å². The number of rotatable bonds is 7. The van der Waals surface area contributed by atoms with E-state index in [1.165, 1.54) is 6.20 Å². The molecule has 0 aliphatic carbocycles. The molecule has 1 aromatic heterocycles. The van der Waals surface area contributed by atoms with E-state index in [1.54, 1.807) is 19.2 Å². The minimum absolute atomic E-state index is 0.188. The van der Waals surface area contributed by atoms with Gasteiger partial charge in [-0.15, -0.1) is 0 Å². The molecule has 1 aromatic rings. The van der Waals surface area contributed by atoms with Gasteiger partial charge in [-0.05, 0) is 25.1 Å². The van der Waals surface area contributed by atoms with Crippen molar-refractivity contribution in [3.8, 4) is 0 Å². The lowest BCUT2D eigenvalue weighted by Crippen LogP contribution is -2.38. The number of ether oxygens (including phenoxy) is 1. The lowest BCUT2D eigenvalue weighted by molar-refractivity contribution is 0.0376. The highest BCUT2D eigenvalue weighted by Crippen LogP contribution is 2.10. The molecular formula is C13H22N4O3S. The van der Waals surface area contributed by atoms with Crippen LogP contribution in [0.15, 0.2) is 23.2 Å². The van der Waals surface area contributed by atoms with Gasteiger partial charge in [0.1, 0.15) is 10.7 Å². The molecule has 1 aliphatic rings. The van der Waals surface area contributed by atoms with Crippen molar-refractivity contribution >= 4 is 15.8 Å². The Hall–Kier alpha value is -1.22. The molecule has 0 atom stereocenters. The fourth-order valence-electron chi connectivity index (χ4n) is 2.10. The molecule has 7 nitrogen and oxygen atoms in total. The fraction of sp³-hybridized carbons (Fsp3) is 0.615. The fourth-order valence-corrected chi connectivity index (χ4v) is 3.12. The number of aromatic nitrogens is 1. The molecule has 0 unspecified atom stereocenters. The normalized spacial score (nSPS) is 16.8. The van der Waals surface area contributed by atoms with Gasteiger partial charge < -0.3 is 10.1 Å². The summed E-state index contributed by atoms with van der Waals surface area (Å²) in [6, 6.07) is 3.19. The van der Waals surface area contributed by atoms with Gasteiger partial charge in [0.2, 0.25) is 10.0 Å². The van der Waals surface area contributed by atoms with Gasteiger partial charge in [0.15, 0.2) is 0 Å². The van der Waals surface area contributed by atoms with E-state index in [1.807, 2.05) is 0 Å². The van der Waals surface area contributed by atoms with Crippen LogP contribution in [0, 0.1) is 0 Å². The maximum Gasteiger partial charge on any atom is 0.242 e. The molecule has 8 heteroatoms. The van der Waals surface area contributed by atoms with Crippen LogP contribution < -0.4 is 10.0 Å². The van der Waals surface area contributed by atoms with Gasteiger partial charge in [0, 0.05) is 32.9 Å². The standard InChI is InChI=1S/C13H22N4O3S/c1-14-13-4-3-12(11-15-13)21(18,19)16-5-2-6-17-7-9-20-10-8-17/h3-4,11,16H,2,5-10H2,1H3,(H,14,15). The number of sulfonamides is 1. The predicted octanol–water partition coefficient (Wildman–Crippen LogP) is 0.124. The topological polar surface area (TPSA) is 83.6 Å². The smallest absolute Gasteiger partial charge is 0.242 e. The molecule has 0 saturated carbocycles. The predicted molar refractivity (Wildman–Crippen MR) is 80.8 cm³/mol. The van der Waals surface area contributed by atoms with Gasteiger partial charge in [-0.3, -0.25) is 4.90 Å². The van der Waals surface area contributed by atoms with Crippen LogP contribution in [0.25, 0.3) is 0 Å². The third-order valence-corrected chi connectivity index (χ3v) is 4.80. The molecule has 118 valence electrons. The Morgan fingerprint density at radius 2 is 2.10 bits per heavy atom. The molecule has 2 rings (SSSR count). The summed E-state index contributed by atoms with van der Waals surface area (Å²) in [7, 11) is -1.74. The SMILES string of the molecule is CNc1ccc(S(=O)(=O)NCCCN2CCOCC2)cn1. The Labute approximate surface area is 125 Å². The summed E-state index contributed by atoms with van der Waals surface area (Å²) >= 11 is 0. The van der Waals surface area contributed by atoms with Crippen molar-refractivity contribution < 1.29 is 13.2 Å². The Balaban J connectivity index is 1.77. The highest BCUT2D eigenvalue weighted by atomic mass is 32.2. The van der Waals surface area contributed by atoms with Gasteiger partial charge in [-0.25, -0.2) is 18.1 Å². The molecular weight excluding hydrogens is 292 g/mol. The first-order valence-electron chi connectivity index (χ1n) is 7.05. The van der Waals surface area contributed by atoms with Crippen LogP contribution in [-0.2, 0) is 14.8 Å². The molecule has 0 spiro atoms. The Morgan fingerprint density at radius 3 is 2.71 bits per heavy atom. The van der Waals surface area contributed by atoms with Crippen molar-refractivity contribution in [2.24, 2.45) is 0 Å². The average molecular weight is 314 g/mol. The molecule has 2 N–H and O–H groups in total. The van der Waals surface area contributed by atoms with Crippen LogP contribution in [0.3, 0.4) is 0 Å². The molecule has 0 radical (unpaired) electrons. The minimum atomic E-state index is -3.47. The average Bonchev–Trinajstić information content (AvgIpc) is 2.53. The summed E-state index contributed by atoms with van der Waals surface area (Å²) in [4.78, 5) is 6.48. The lowest BCUT2D eigenvalue weighted by atomic mass is 10.3. The number of nitrogens with zero attached hydrogens (tertiary/aromatic N) is 2. The van der Waals surface area contributed by atoms with Crippen LogP contribution >= 0.6 is 0 Å². The van der Waals surface area contributed by atoms with E-state index in [0.29, 0.717) is 12.4 Å². The highest BCUT2D eigenvalue weighted by Gasteiger charge is 2.14. The molecule has 1 saturated heterocycles. The van der Waals surface area contributed by atoms with Crippen LogP contribution in [0.5, 0.6) is 0 Å². The van der Waals surface area contributed by atoms with Crippen molar-refractivity contribution in [1.82, 2.24) is 14.6 Å². The summed E-state index contributed by atoms with van der Waals surface area (Å²) < 4.78 is 32.0. The zero-order valence-corrected chi connectivity index (χ0v) is 13.0.